The van der Waals surface area contributed by atoms with Gasteiger partial charge in [0.25, 0.3) is 0 Å². The van der Waals surface area contributed by atoms with Crippen LogP contribution in [0.15, 0.2) is 42.6 Å². The van der Waals surface area contributed by atoms with Gasteiger partial charge in [-0.2, -0.15) is 5.10 Å². The fourth-order valence-corrected chi connectivity index (χ4v) is 3.60. The van der Waals surface area contributed by atoms with Gasteiger partial charge in [-0.15, -0.1) is 0 Å². The zero-order valence-electron chi connectivity index (χ0n) is 15.5. The first-order valence-corrected chi connectivity index (χ1v) is 9.57. The van der Waals surface area contributed by atoms with Crippen LogP contribution in [-0.4, -0.2) is 27.3 Å². The molecule has 0 fully saturated rings. The van der Waals surface area contributed by atoms with Crippen molar-refractivity contribution in [3.8, 4) is 5.88 Å². The molecule has 3 heterocycles. The number of hydrogen-bond donors (Lipinski definition) is 1. The number of ether oxygens (including phenoxy) is 1. The average molecular weight is 364 g/mol. The predicted octanol–water partition coefficient (Wildman–Crippen LogP) is 3.41. The first-order valence-electron chi connectivity index (χ1n) is 9.57. The summed E-state index contributed by atoms with van der Waals surface area (Å²) < 4.78 is 7.89. The van der Waals surface area contributed by atoms with Gasteiger partial charge in [-0.25, -0.2) is 4.98 Å². The number of aryl methyl sites for hydroxylation is 1. The molecule has 1 aromatic carbocycles. The number of rotatable bonds is 2. The predicted molar refractivity (Wildman–Crippen MR) is 104 cm³/mol. The normalized spacial score (nSPS) is 18.3. The highest BCUT2D eigenvalue weighted by molar-refractivity contribution is 5.85. The summed E-state index contributed by atoms with van der Waals surface area (Å²) in [6.45, 7) is 3.40. The maximum atomic E-state index is 12.7. The van der Waals surface area contributed by atoms with Gasteiger partial charge in [-0.05, 0) is 37.8 Å². The lowest BCUT2D eigenvalue weighted by molar-refractivity contribution is -0.121. The molecule has 0 saturated heterocycles. The number of nitrogens with one attached hydrogen (secondary N) is 1. The van der Waals surface area contributed by atoms with E-state index in [9.17, 15) is 4.79 Å². The Balaban J connectivity index is 1.65. The molecular formula is C21H24N4O2. The largest absolute Gasteiger partial charge is 0.476 e. The number of nitrogens with zero attached hydrogens (tertiary/aromatic N) is 3. The molecule has 1 unspecified atom stereocenters. The molecule has 1 aliphatic heterocycles. The van der Waals surface area contributed by atoms with Crippen molar-refractivity contribution in [2.24, 2.45) is 0 Å². The molecule has 1 atom stereocenters. The Morgan fingerprint density at radius 2 is 2.11 bits per heavy atom. The number of hydrogen-bond acceptors (Lipinski definition) is 4. The van der Waals surface area contributed by atoms with E-state index in [0.29, 0.717) is 18.2 Å². The van der Waals surface area contributed by atoms with Gasteiger partial charge in [0.1, 0.15) is 5.52 Å². The van der Waals surface area contributed by atoms with Crippen molar-refractivity contribution in [3.05, 3.63) is 53.9 Å². The average Bonchev–Trinajstić information content (AvgIpc) is 3.09. The van der Waals surface area contributed by atoms with Crippen LogP contribution in [0.4, 0.5) is 0 Å². The topological polar surface area (TPSA) is 69.0 Å². The highest BCUT2D eigenvalue weighted by atomic mass is 16.5. The minimum Gasteiger partial charge on any atom is -0.476 e. The minimum absolute atomic E-state index is 0.0177. The summed E-state index contributed by atoms with van der Waals surface area (Å²) in [4.78, 5) is 17.3. The summed E-state index contributed by atoms with van der Waals surface area (Å²) in [5, 5.41) is 8.55. The molecule has 1 amide bonds. The molecule has 0 radical (unpaired) electrons. The summed E-state index contributed by atoms with van der Waals surface area (Å²) in [5.41, 5.74) is 2.75. The van der Waals surface area contributed by atoms with Crippen LogP contribution in [0, 0.1) is 0 Å². The van der Waals surface area contributed by atoms with Gasteiger partial charge in [0.15, 0.2) is 0 Å². The van der Waals surface area contributed by atoms with Gasteiger partial charge in [-0.3, -0.25) is 9.48 Å². The van der Waals surface area contributed by atoms with Crippen molar-refractivity contribution in [1.29, 1.82) is 0 Å². The van der Waals surface area contributed by atoms with E-state index in [0.717, 1.165) is 42.3 Å². The molecule has 6 heteroatoms. The third-order valence-electron chi connectivity index (χ3n) is 4.94. The zero-order chi connectivity index (χ0) is 18.6. The third-order valence-corrected chi connectivity index (χ3v) is 4.94. The Bertz CT molecular complexity index is 936. The van der Waals surface area contributed by atoms with Gasteiger partial charge in [0, 0.05) is 11.9 Å². The lowest BCUT2D eigenvalue weighted by Crippen LogP contribution is -2.30. The summed E-state index contributed by atoms with van der Waals surface area (Å²) in [6.07, 6.45) is 4.81. The van der Waals surface area contributed by atoms with Gasteiger partial charge in [-0.1, -0.05) is 30.3 Å². The zero-order valence-corrected chi connectivity index (χ0v) is 15.5. The van der Waals surface area contributed by atoms with Crippen LogP contribution in [0.25, 0.3) is 10.9 Å². The van der Waals surface area contributed by atoms with E-state index in [1.165, 1.54) is 0 Å². The Hall–Kier alpha value is -2.89. The van der Waals surface area contributed by atoms with Crippen LogP contribution >= 0.6 is 0 Å². The smallest absolute Gasteiger partial charge is 0.240 e. The Morgan fingerprint density at radius 1 is 1.26 bits per heavy atom. The molecule has 2 aromatic heterocycles. The summed E-state index contributed by atoms with van der Waals surface area (Å²) in [5.74, 6) is 0.556. The third kappa shape index (κ3) is 3.79. The molecule has 6 nitrogen and oxygen atoms in total. The van der Waals surface area contributed by atoms with Crippen molar-refractivity contribution in [2.75, 3.05) is 6.61 Å². The number of carbonyl (C=O) groups excluding carboxylic acids is 1. The molecule has 140 valence electrons. The van der Waals surface area contributed by atoms with Crippen LogP contribution in [0.2, 0.25) is 0 Å². The standard InChI is InChI=1S/C21H24N4O2/c1-2-25-20-16(14-22-25)12-17-13-19(26)24-18(15-8-4-3-5-9-15)10-6-7-11-27-21(20)23-17/h3-5,8-9,12,14,18H,2,6-7,10-11,13H2,1H3,(H,24,26). The van der Waals surface area contributed by atoms with E-state index in [2.05, 4.69) is 27.5 Å². The quantitative estimate of drug-likeness (QED) is 0.756. The summed E-state index contributed by atoms with van der Waals surface area (Å²) >= 11 is 0. The molecule has 3 aromatic rings. The lowest BCUT2D eigenvalue weighted by atomic mass is 10.0. The van der Waals surface area contributed by atoms with E-state index in [1.54, 1.807) is 0 Å². The number of benzene rings is 1. The fraction of sp³-hybridized carbons (Fsp3) is 0.381. The first-order chi connectivity index (χ1) is 13.2. The van der Waals surface area contributed by atoms with Gasteiger partial charge >= 0.3 is 0 Å². The monoisotopic (exact) mass is 364 g/mol. The number of fused-ring (bicyclic) bond motifs is 4. The first kappa shape index (κ1) is 17.5. The van der Waals surface area contributed by atoms with E-state index in [-0.39, 0.29) is 18.4 Å². The molecule has 2 bridgehead atoms. The van der Waals surface area contributed by atoms with E-state index >= 15 is 0 Å². The Morgan fingerprint density at radius 3 is 2.93 bits per heavy atom. The van der Waals surface area contributed by atoms with Gasteiger partial charge < -0.3 is 10.1 Å². The van der Waals surface area contributed by atoms with Crippen LogP contribution in [0.5, 0.6) is 5.88 Å². The molecule has 27 heavy (non-hydrogen) atoms. The SMILES string of the molecule is CCn1ncc2cc3nc(c21)OCCCCC(c1ccccc1)NC(=O)C3. The van der Waals surface area contributed by atoms with E-state index in [4.69, 9.17) is 4.74 Å². The van der Waals surface area contributed by atoms with E-state index < -0.39 is 0 Å². The van der Waals surface area contributed by atoms with Crippen LogP contribution in [0.3, 0.4) is 0 Å². The van der Waals surface area contributed by atoms with Crippen molar-refractivity contribution >= 4 is 16.8 Å². The summed E-state index contributed by atoms with van der Waals surface area (Å²) in [6, 6.07) is 12.1. The Kier molecular flexibility index (Phi) is 5.05. The number of aromatic nitrogens is 3. The van der Waals surface area contributed by atoms with Crippen LogP contribution in [0.1, 0.15) is 43.5 Å². The fourth-order valence-electron chi connectivity index (χ4n) is 3.60. The van der Waals surface area contributed by atoms with Crippen molar-refractivity contribution in [1.82, 2.24) is 20.1 Å². The number of pyridine rings is 1. The van der Waals surface area contributed by atoms with Crippen LogP contribution in [-0.2, 0) is 17.8 Å². The summed E-state index contributed by atoms with van der Waals surface area (Å²) in [7, 11) is 0. The molecule has 1 N–H and O–H groups in total. The molecule has 0 saturated carbocycles. The molecule has 0 spiro atoms. The van der Waals surface area contributed by atoms with E-state index in [1.807, 2.05) is 42.1 Å². The maximum Gasteiger partial charge on any atom is 0.240 e. The molecule has 1 aliphatic rings. The van der Waals surface area contributed by atoms with Crippen molar-refractivity contribution < 1.29 is 9.53 Å². The molecule has 4 rings (SSSR count). The minimum atomic E-state index is -0.0230. The van der Waals surface area contributed by atoms with Crippen molar-refractivity contribution in [2.45, 2.75) is 45.2 Å². The highest BCUT2D eigenvalue weighted by Gasteiger charge is 2.19. The van der Waals surface area contributed by atoms with Gasteiger partial charge in [0.2, 0.25) is 11.8 Å². The second-order valence-corrected chi connectivity index (χ2v) is 6.87. The van der Waals surface area contributed by atoms with Crippen LogP contribution < -0.4 is 10.1 Å². The van der Waals surface area contributed by atoms with Gasteiger partial charge in [0.05, 0.1) is 31.0 Å². The van der Waals surface area contributed by atoms with Crippen molar-refractivity contribution in [3.63, 3.8) is 0 Å². The number of carbonyl (C=O) groups is 1. The second kappa shape index (κ2) is 7.78. The number of amides is 1. The maximum absolute atomic E-state index is 12.7. The molecular weight excluding hydrogens is 340 g/mol. The lowest BCUT2D eigenvalue weighted by Gasteiger charge is -2.20. The second-order valence-electron chi connectivity index (χ2n) is 6.87. The molecule has 0 aliphatic carbocycles. The highest BCUT2D eigenvalue weighted by Crippen LogP contribution is 2.26. The Labute approximate surface area is 158 Å².